The van der Waals surface area contributed by atoms with Gasteiger partial charge in [-0.3, -0.25) is 14.5 Å². The highest BCUT2D eigenvalue weighted by Gasteiger charge is 2.49. The number of aromatic amines is 1. The standard InChI is InChI=1S/C21H33N5O3/c1-16(24-9-4-3-5-10-24)20(28)25-12-7-21(8-13-25)19-17(22-15-23-19)6-11-26(21)18(27)14-29-2/h15-16H,3-14H2,1-2H3,(H,22,23)/t16-/m1/s1. The smallest absolute Gasteiger partial charge is 0.249 e. The molecule has 29 heavy (non-hydrogen) atoms. The zero-order chi connectivity index (χ0) is 20.4. The highest BCUT2D eigenvalue weighted by atomic mass is 16.5. The molecule has 160 valence electrons. The van der Waals surface area contributed by atoms with Gasteiger partial charge in [0.25, 0.3) is 0 Å². The molecule has 0 unspecified atom stereocenters. The Morgan fingerprint density at radius 1 is 1.17 bits per heavy atom. The molecule has 4 heterocycles. The summed E-state index contributed by atoms with van der Waals surface area (Å²) < 4.78 is 5.13. The number of amides is 2. The summed E-state index contributed by atoms with van der Waals surface area (Å²) in [5.41, 5.74) is 1.66. The van der Waals surface area contributed by atoms with E-state index in [2.05, 4.69) is 14.9 Å². The van der Waals surface area contributed by atoms with Crippen molar-refractivity contribution in [2.45, 2.75) is 57.0 Å². The highest BCUT2D eigenvalue weighted by molar-refractivity contribution is 5.82. The predicted molar refractivity (Wildman–Crippen MR) is 108 cm³/mol. The second-order valence-electron chi connectivity index (χ2n) is 8.59. The summed E-state index contributed by atoms with van der Waals surface area (Å²) in [6, 6.07) is -0.0668. The number of H-pyrrole nitrogens is 1. The maximum absolute atomic E-state index is 13.1. The molecule has 0 radical (unpaired) electrons. The quantitative estimate of drug-likeness (QED) is 0.815. The summed E-state index contributed by atoms with van der Waals surface area (Å²) >= 11 is 0. The number of hydrogen-bond acceptors (Lipinski definition) is 5. The number of carbonyl (C=O) groups excluding carboxylic acids is 2. The summed E-state index contributed by atoms with van der Waals surface area (Å²) in [5.74, 6) is 0.220. The summed E-state index contributed by atoms with van der Waals surface area (Å²) in [6.45, 7) is 6.12. The molecule has 1 spiro atoms. The lowest BCUT2D eigenvalue weighted by Crippen LogP contribution is -2.60. The summed E-state index contributed by atoms with van der Waals surface area (Å²) in [5, 5.41) is 0. The van der Waals surface area contributed by atoms with E-state index < -0.39 is 5.54 Å². The normalized spacial score (nSPS) is 23.1. The van der Waals surface area contributed by atoms with Crippen LogP contribution in [-0.4, -0.2) is 89.0 Å². The van der Waals surface area contributed by atoms with Gasteiger partial charge in [-0.1, -0.05) is 6.42 Å². The number of likely N-dealkylation sites (tertiary alicyclic amines) is 2. The number of piperidine rings is 2. The van der Waals surface area contributed by atoms with E-state index in [1.54, 1.807) is 13.4 Å². The van der Waals surface area contributed by atoms with Crippen LogP contribution in [0.3, 0.4) is 0 Å². The minimum atomic E-state index is -0.436. The van der Waals surface area contributed by atoms with Crippen molar-refractivity contribution in [3.05, 3.63) is 17.7 Å². The number of carbonyl (C=O) groups is 2. The molecule has 8 nitrogen and oxygen atoms in total. The number of nitrogens with one attached hydrogen (secondary N) is 1. The topological polar surface area (TPSA) is 81.8 Å². The third-order valence-corrected chi connectivity index (χ3v) is 7.03. The van der Waals surface area contributed by atoms with Gasteiger partial charge in [-0.2, -0.15) is 0 Å². The second-order valence-corrected chi connectivity index (χ2v) is 8.59. The van der Waals surface area contributed by atoms with Gasteiger partial charge < -0.3 is 19.5 Å². The van der Waals surface area contributed by atoms with Gasteiger partial charge in [-0.05, 0) is 45.7 Å². The lowest BCUT2D eigenvalue weighted by atomic mass is 9.78. The summed E-state index contributed by atoms with van der Waals surface area (Å²) in [7, 11) is 1.55. The number of fused-ring (bicyclic) bond motifs is 2. The molecule has 2 saturated heterocycles. The summed E-state index contributed by atoms with van der Waals surface area (Å²) in [4.78, 5) is 40.1. The SMILES string of the molecule is COCC(=O)N1CCc2[nH]cnc2C12CCN(C(=O)[C@@H](C)N1CCCCC1)CC2. The fourth-order valence-electron chi connectivity index (χ4n) is 5.37. The van der Waals surface area contributed by atoms with Gasteiger partial charge >= 0.3 is 0 Å². The first-order valence-electron chi connectivity index (χ1n) is 10.9. The van der Waals surface area contributed by atoms with Gasteiger partial charge in [0, 0.05) is 38.9 Å². The molecule has 0 aromatic carbocycles. The van der Waals surface area contributed by atoms with E-state index in [1.807, 2.05) is 16.7 Å². The van der Waals surface area contributed by atoms with Crippen LogP contribution in [0, 0.1) is 0 Å². The zero-order valence-electron chi connectivity index (χ0n) is 17.7. The van der Waals surface area contributed by atoms with Crippen LogP contribution in [0.5, 0.6) is 0 Å². The molecule has 3 aliphatic rings. The Balaban J connectivity index is 1.49. The largest absolute Gasteiger partial charge is 0.375 e. The molecule has 4 rings (SSSR count). The van der Waals surface area contributed by atoms with Crippen LogP contribution in [-0.2, 0) is 26.3 Å². The Hall–Kier alpha value is -1.93. The summed E-state index contributed by atoms with van der Waals surface area (Å²) in [6.07, 6.45) is 7.57. The van der Waals surface area contributed by atoms with Crippen molar-refractivity contribution in [2.75, 3.05) is 46.4 Å². The number of imidazole rings is 1. The molecule has 1 aromatic heterocycles. The van der Waals surface area contributed by atoms with E-state index in [4.69, 9.17) is 4.74 Å². The average Bonchev–Trinajstić information content (AvgIpc) is 3.24. The lowest BCUT2D eigenvalue weighted by molar-refractivity contribution is -0.149. The third-order valence-electron chi connectivity index (χ3n) is 7.03. The first kappa shape index (κ1) is 20.3. The van der Waals surface area contributed by atoms with Crippen LogP contribution in [0.25, 0.3) is 0 Å². The lowest BCUT2D eigenvalue weighted by Gasteiger charge is -2.51. The molecule has 0 aliphatic carbocycles. The molecule has 8 heteroatoms. The van der Waals surface area contributed by atoms with Crippen LogP contribution in [0.15, 0.2) is 6.33 Å². The Labute approximate surface area is 172 Å². The van der Waals surface area contributed by atoms with Gasteiger partial charge in [-0.25, -0.2) is 4.98 Å². The van der Waals surface area contributed by atoms with Crippen LogP contribution in [0.1, 0.15) is 50.4 Å². The molecule has 3 aliphatic heterocycles. The molecule has 2 amide bonds. The van der Waals surface area contributed by atoms with Crippen molar-refractivity contribution < 1.29 is 14.3 Å². The van der Waals surface area contributed by atoms with Gasteiger partial charge in [0.1, 0.15) is 6.61 Å². The monoisotopic (exact) mass is 403 g/mol. The number of hydrogen-bond donors (Lipinski definition) is 1. The number of nitrogens with zero attached hydrogens (tertiary/aromatic N) is 4. The van der Waals surface area contributed by atoms with Crippen molar-refractivity contribution >= 4 is 11.8 Å². The van der Waals surface area contributed by atoms with Gasteiger partial charge in [0.05, 0.1) is 23.6 Å². The van der Waals surface area contributed by atoms with Crippen LogP contribution < -0.4 is 0 Å². The average molecular weight is 404 g/mol. The Morgan fingerprint density at radius 2 is 1.90 bits per heavy atom. The highest BCUT2D eigenvalue weighted by Crippen LogP contribution is 2.42. The maximum atomic E-state index is 13.1. The van der Waals surface area contributed by atoms with E-state index in [0.29, 0.717) is 19.6 Å². The molecular formula is C21H33N5O3. The Kier molecular flexibility index (Phi) is 5.92. The Morgan fingerprint density at radius 3 is 2.59 bits per heavy atom. The Bertz CT molecular complexity index is 734. The molecule has 1 aromatic rings. The van der Waals surface area contributed by atoms with Crippen molar-refractivity contribution in [3.8, 4) is 0 Å². The van der Waals surface area contributed by atoms with Crippen molar-refractivity contribution in [1.82, 2.24) is 24.7 Å². The van der Waals surface area contributed by atoms with E-state index in [9.17, 15) is 9.59 Å². The van der Waals surface area contributed by atoms with Gasteiger partial charge in [0.15, 0.2) is 0 Å². The van der Waals surface area contributed by atoms with E-state index in [0.717, 1.165) is 43.7 Å². The number of rotatable bonds is 4. The van der Waals surface area contributed by atoms with E-state index >= 15 is 0 Å². The molecule has 0 bridgehead atoms. The predicted octanol–water partition coefficient (Wildman–Crippen LogP) is 1.13. The third kappa shape index (κ3) is 3.68. The van der Waals surface area contributed by atoms with Gasteiger partial charge in [-0.15, -0.1) is 0 Å². The van der Waals surface area contributed by atoms with Crippen molar-refractivity contribution in [2.24, 2.45) is 0 Å². The second kappa shape index (κ2) is 8.44. The number of aromatic nitrogens is 2. The molecular weight excluding hydrogens is 370 g/mol. The fourth-order valence-corrected chi connectivity index (χ4v) is 5.37. The maximum Gasteiger partial charge on any atom is 0.249 e. The minimum absolute atomic E-state index is 0.00242. The van der Waals surface area contributed by atoms with E-state index in [1.165, 1.54) is 19.3 Å². The minimum Gasteiger partial charge on any atom is -0.375 e. The number of ether oxygens (including phenoxy) is 1. The van der Waals surface area contributed by atoms with Gasteiger partial charge in [0.2, 0.25) is 11.8 Å². The van der Waals surface area contributed by atoms with E-state index in [-0.39, 0.29) is 24.5 Å². The van der Waals surface area contributed by atoms with Crippen molar-refractivity contribution in [1.29, 1.82) is 0 Å². The van der Waals surface area contributed by atoms with Crippen LogP contribution in [0.4, 0.5) is 0 Å². The van der Waals surface area contributed by atoms with Crippen LogP contribution in [0.2, 0.25) is 0 Å². The zero-order valence-corrected chi connectivity index (χ0v) is 17.7. The molecule has 2 fully saturated rings. The first-order chi connectivity index (χ1) is 14.1. The number of methoxy groups -OCH3 is 1. The first-order valence-corrected chi connectivity index (χ1v) is 10.9. The fraction of sp³-hybridized carbons (Fsp3) is 0.762. The van der Waals surface area contributed by atoms with Crippen molar-refractivity contribution in [3.63, 3.8) is 0 Å². The van der Waals surface area contributed by atoms with Crippen LogP contribution >= 0.6 is 0 Å². The molecule has 1 N–H and O–H groups in total. The molecule has 0 saturated carbocycles. The molecule has 1 atom stereocenters.